The average molecular weight is 460 g/mol. The molecule has 3 amide bonds. The van der Waals surface area contributed by atoms with Crippen molar-refractivity contribution in [2.75, 3.05) is 32.8 Å². The normalized spacial score (nSPS) is 26.8. The molecule has 3 fully saturated rings. The third kappa shape index (κ3) is 4.95. The zero-order valence-electron chi connectivity index (χ0n) is 19.4. The number of aromatic nitrogens is 2. The minimum Gasteiger partial charge on any atom is -0.381 e. The Balaban J connectivity index is 1.46. The van der Waals surface area contributed by atoms with Crippen LogP contribution in [0, 0.1) is 17.8 Å². The lowest BCUT2D eigenvalue weighted by atomic mass is 9.72. The topological polar surface area (TPSA) is 133 Å². The molecule has 180 valence electrons. The summed E-state index contributed by atoms with van der Waals surface area (Å²) in [7, 11) is 0. The van der Waals surface area contributed by atoms with Gasteiger partial charge in [-0.25, -0.2) is 4.98 Å². The van der Waals surface area contributed by atoms with Gasteiger partial charge < -0.3 is 25.3 Å². The molecule has 4 rings (SSSR count). The van der Waals surface area contributed by atoms with E-state index in [0.29, 0.717) is 57.1 Å². The first-order chi connectivity index (χ1) is 15.7. The number of amides is 3. The molecule has 0 aliphatic carbocycles. The smallest absolute Gasteiger partial charge is 0.254 e. The van der Waals surface area contributed by atoms with Crippen LogP contribution >= 0.6 is 0 Å². The van der Waals surface area contributed by atoms with E-state index >= 15 is 0 Å². The molecule has 4 heterocycles. The second kappa shape index (κ2) is 9.24. The maximum atomic E-state index is 13.2. The summed E-state index contributed by atoms with van der Waals surface area (Å²) in [5, 5.41) is 5.82. The minimum absolute atomic E-state index is 0.0513. The lowest BCUT2D eigenvalue weighted by Crippen LogP contribution is -2.59. The van der Waals surface area contributed by atoms with Crippen molar-refractivity contribution in [3.05, 3.63) is 27.9 Å². The fraction of sp³-hybridized carbons (Fsp3) is 0.696. The summed E-state index contributed by atoms with van der Waals surface area (Å²) >= 11 is 0. The standard InChI is InChI=1S/C23H33N5O5/c1-15-25-12-16(19(30)26-15)3-4-18(29)28-13-17(11-23(14-28)6-9-33-10-7-23)27-21(32)22(2)5-8-24-20(22)31/h12,17H,3-11,13-14H2,1-2H3,(H,24,31)(H,27,32)(H,25,26,30). The Bertz CT molecular complexity index is 986. The number of piperidine rings is 1. The number of carbonyl (C=O) groups is 3. The summed E-state index contributed by atoms with van der Waals surface area (Å²) in [6.45, 7) is 6.15. The van der Waals surface area contributed by atoms with Crippen molar-refractivity contribution in [1.29, 1.82) is 0 Å². The molecule has 3 aliphatic rings. The molecule has 0 bridgehead atoms. The number of hydrogen-bond acceptors (Lipinski definition) is 6. The number of nitrogens with one attached hydrogen (secondary N) is 3. The van der Waals surface area contributed by atoms with Gasteiger partial charge in [-0.2, -0.15) is 0 Å². The maximum Gasteiger partial charge on any atom is 0.254 e. The molecular weight excluding hydrogens is 426 g/mol. The highest BCUT2D eigenvalue weighted by atomic mass is 16.5. The Morgan fingerprint density at radius 1 is 1.27 bits per heavy atom. The second-order valence-corrected chi connectivity index (χ2v) is 9.92. The van der Waals surface area contributed by atoms with E-state index in [2.05, 4.69) is 20.6 Å². The number of hydrogen-bond donors (Lipinski definition) is 3. The van der Waals surface area contributed by atoms with Gasteiger partial charge in [0.05, 0.1) is 0 Å². The van der Waals surface area contributed by atoms with Crippen LogP contribution in [0.5, 0.6) is 0 Å². The molecule has 10 nitrogen and oxygen atoms in total. The van der Waals surface area contributed by atoms with Crippen LogP contribution in [0.2, 0.25) is 0 Å². The lowest BCUT2D eigenvalue weighted by molar-refractivity contribution is -0.144. The van der Waals surface area contributed by atoms with Crippen molar-refractivity contribution in [3.8, 4) is 0 Å². The number of nitrogens with zero attached hydrogens (tertiary/aromatic N) is 2. The molecule has 10 heteroatoms. The third-order valence-corrected chi connectivity index (χ3v) is 7.41. The van der Waals surface area contributed by atoms with Crippen molar-refractivity contribution in [2.24, 2.45) is 10.8 Å². The van der Waals surface area contributed by atoms with Crippen LogP contribution in [-0.4, -0.2) is 71.5 Å². The summed E-state index contributed by atoms with van der Waals surface area (Å²) in [5.41, 5.74) is -0.930. The van der Waals surface area contributed by atoms with Crippen LogP contribution in [0.4, 0.5) is 0 Å². The van der Waals surface area contributed by atoms with Crippen molar-refractivity contribution in [3.63, 3.8) is 0 Å². The Morgan fingerprint density at radius 3 is 2.70 bits per heavy atom. The van der Waals surface area contributed by atoms with Crippen LogP contribution in [0.1, 0.15) is 50.4 Å². The third-order valence-electron chi connectivity index (χ3n) is 7.41. The van der Waals surface area contributed by atoms with Crippen molar-refractivity contribution in [2.45, 2.75) is 58.4 Å². The molecule has 3 N–H and O–H groups in total. The SMILES string of the molecule is Cc1ncc(CCC(=O)N2CC(NC(=O)C3(C)CCNC3=O)CC3(CCOCC3)C2)c(=O)[nH]1. The van der Waals surface area contributed by atoms with E-state index in [1.165, 1.54) is 6.20 Å². The number of rotatable bonds is 5. The average Bonchev–Trinajstić information content (AvgIpc) is 3.12. The maximum absolute atomic E-state index is 13.2. The van der Waals surface area contributed by atoms with Gasteiger partial charge in [0.1, 0.15) is 11.2 Å². The largest absolute Gasteiger partial charge is 0.381 e. The van der Waals surface area contributed by atoms with Gasteiger partial charge in [0, 0.05) is 57.1 Å². The highest BCUT2D eigenvalue weighted by Gasteiger charge is 2.47. The van der Waals surface area contributed by atoms with E-state index in [1.54, 1.807) is 13.8 Å². The number of likely N-dealkylation sites (tertiary alicyclic amines) is 1. The van der Waals surface area contributed by atoms with Crippen LogP contribution in [0.3, 0.4) is 0 Å². The predicted molar refractivity (Wildman–Crippen MR) is 119 cm³/mol. The monoisotopic (exact) mass is 459 g/mol. The molecule has 0 saturated carbocycles. The number of ether oxygens (including phenoxy) is 1. The molecule has 0 aromatic carbocycles. The summed E-state index contributed by atoms with van der Waals surface area (Å²) in [4.78, 5) is 59.1. The molecule has 0 radical (unpaired) electrons. The van der Waals surface area contributed by atoms with Gasteiger partial charge in [0.15, 0.2) is 0 Å². The Kier molecular flexibility index (Phi) is 6.56. The summed E-state index contributed by atoms with van der Waals surface area (Å²) < 4.78 is 5.56. The van der Waals surface area contributed by atoms with Crippen LogP contribution in [-0.2, 0) is 25.5 Å². The fourth-order valence-corrected chi connectivity index (χ4v) is 5.22. The predicted octanol–water partition coefficient (Wildman–Crippen LogP) is 0.0510. The molecule has 1 aromatic rings. The van der Waals surface area contributed by atoms with Crippen molar-refractivity contribution < 1.29 is 19.1 Å². The van der Waals surface area contributed by atoms with Gasteiger partial charge in [-0.15, -0.1) is 0 Å². The van der Waals surface area contributed by atoms with Crippen LogP contribution in [0.15, 0.2) is 11.0 Å². The molecule has 3 saturated heterocycles. The Hall–Kier alpha value is -2.75. The van der Waals surface area contributed by atoms with E-state index in [9.17, 15) is 19.2 Å². The first kappa shape index (κ1) is 23.4. The lowest BCUT2D eigenvalue weighted by Gasteiger charge is -2.48. The molecule has 1 aromatic heterocycles. The zero-order chi connectivity index (χ0) is 23.6. The molecular formula is C23H33N5O5. The van der Waals surface area contributed by atoms with Gasteiger partial charge in [-0.1, -0.05) is 0 Å². The molecule has 2 unspecified atom stereocenters. The first-order valence-corrected chi connectivity index (χ1v) is 11.7. The molecule has 3 aliphatic heterocycles. The number of aryl methyl sites for hydroxylation is 2. The highest BCUT2D eigenvalue weighted by Crippen LogP contribution is 2.40. The molecule has 33 heavy (non-hydrogen) atoms. The van der Waals surface area contributed by atoms with Crippen LogP contribution < -0.4 is 16.2 Å². The number of H-pyrrole nitrogens is 1. The summed E-state index contributed by atoms with van der Waals surface area (Å²) in [5.74, 6) is -0.0434. The highest BCUT2D eigenvalue weighted by molar-refractivity contribution is 6.06. The number of carbonyl (C=O) groups excluding carboxylic acids is 3. The first-order valence-electron chi connectivity index (χ1n) is 11.7. The summed E-state index contributed by atoms with van der Waals surface area (Å²) in [6.07, 6.45) is 4.89. The minimum atomic E-state index is -1.07. The van der Waals surface area contributed by atoms with E-state index in [4.69, 9.17) is 4.74 Å². The van der Waals surface area contributed by atoms with Crippen molar-refractivity contribution in [1.82, 2.24) is 25.5 Å². The molecule has 1 spiro atoms. The van der Waals surface area contributed by atoms with Crippen molar-refractivity contribution >= 4 is 17.7 Å². The summed E-state index contributed by atoms with van der Waals surface area (Å²) in [6, 6.07) is -0.233. The Morgan fingerprint density at radius 2 is 2.03 bits per heavy atom. The Labute approximate surface area is 192 Å². The van der Waals surface area contributed by atoms with Gasteiger partial charge in [0.2, 0.25) is 17.7 Å². The van der Waals surface area contributed by atoms with Gasteiger partial charge >= 0.3 is 0 Å². The van der Waals surface area contributed by atoms with E-state index < -0.39 is 5.41 Å². The zero-order valence-corrected chi connectivity index (χ0v) is 19.4. The molecule has 2 atom stereocenters. The number of aromatic amines is 1. The van der Waals surface area contributed by atoms with Crippen LogP contribution in [0.25, 0.3) is 0 Å². The van der Waals surface area contributed by atoms with E-state index in [0.717, 1.165) is 19.3 Å². The van der Waals surface area contributed by atoms with Gasteiger partial charge in [-0.05, 0) is 51.4 Å². The van der Waals surface area contributed by atoms with E-state index in [1.807, 2.05) is 4.90 Å². The van der Waals surface area contributed by atoms with Gasteiger partial charge in [-0.3, -0.25) is 19.2 Å². The quantitative estimate of drug-likeness (QED) is 0.533. The van der Waals surface area contributed by atoms with E-state index in [-0.39, 0.29) is 41.2 Å². The second-order valence-electron chi connectivity index (χ2n) is 9.92. The van der Waals surface area contributed by atoms with Gasteiger partial charge in [0.25, 0.3) is 5.56 Å². The fourth-order valence-electron chi connectivity index (χ4n) is 5.22.